The Bertz CT molecular complexity index is 1200. The van der Waals surface area contributed by atoms with Crippen molar-refractivity contribution in [2.24, 2.45) is 0 Å². The summed E-state index contributed by atoms with van der Waals surface area (Å²) in [6.07, 6.45) is 4.44. The van der Waals surface area contributed by atoms with Gasteiger partial charge in [-0.1, -0.05) is 60.2 Å². The van der Waals surface area contributed by atoms with Gasteiger partial charge in [-0.05, 0) is 56.4 Å². The van der Waals surface area contributed by atoms with Crippen LogP contribution in [0.2, 0.25) is 0 Å². The summed E-state index contributed by atoms with van der Waals surface area (Å²) in [4.78, 5) is 7.46. The van der Waals surface area contributed by atoms with E-state index in [2.05, 4.69) is 90.9 Å². The molecule has 0 radical (unpaired) electrons. The summed E-state index contributed by atoms with van der Waals surface area (Å²) < 4.78 is 2.48. The number of aryl methyl sites for hydroxylation is 2. The molecule has 32 heavy (non-hydrogen) atoms. The topological polar surface area (TPSA) is 21.1 Å². The predicted octanol–water partition coefficient (Wildman–Crippen LogP) is 6.82. The minimum atomic E-state index is 0. The molecule has 3 heterocycles. The molecule has 5 rings (SSSR count). The summed E-state index contributed by atoms with van der Waals surface area (Å²) in [5.74, 6) is 1.70. The van der Waals surface area contributed by atoms with E-state index in [9.17, 15) is 0 Å². The van der Waals surface area contributed by atoms with Crippen molar-refractivity contribution in [2.45, 2.75) is 46.1 Å². The van der Waals surface area contributed by atoms with Crippen molar-refractivity contribution in [1.29, 1.82) is 0 Å². The summed E-state index contributed by atoms with van der Waals surface area (Å²) in [6.45, 7) is 9.62. The van der Waals surface area contributed by atoms with Gasteiger partial charge in [-0.3, -0.25) is 0 Å². The smallest absolute Gasteiger partial charge is 0.153 e. The molecule has 1 atom stereocenters. The molecule has 3 nitrogen and oxygen atoms in total. The number of nitrogens with zero attached hydrogens (tertiary/aromatic N) is 3. The van der Waals surface area contributed by atoms with Crippen LogP contribution >= 0.6 is 12.4 Å². The van der Waals surface area contributed by atoms with Crippen LogP contribution in [0.5, 0.6) is 0 Å². The van der Waals surface area contributed by atoms with E-state index in [0.717, 1.165) is 25.5 Å². The third-order valence-corrected chi connectivity index (χ3v) is 6.98. The Balaban J connectivity index is 0.00000245. The van der Waals surface area contributed by atoms with Crippen LogP contribution in [0, 0.1) is 20.8 Å². The average molecular weight is 446 g/mol. The van der Waals surface area contributed by atoms with Crippen LogP contribution in [-0.2, 0) is 6.54 Å². The first kappa shape index (κ1) is 22.4. The van der Waals surface area contributed by atoms with Crippen molar-refractivity contribution >= 4 is 29.1 Å². The Kier molecular flexibility index (Phi) is 6.57. The highest BCUT2D eigenvalue weighted by Gasteiger charge is 2.25. The minimum Gasteiger partial charge on any atom is -0.354 e. The summed E-state index contributed by atoms with van der Waals surface area (Å²) in [5, 5.41) is 1.33. The van der Waals surface area contributed by atoms with Gasteiger partial charge in [0.25, 0.3) is 0 Å². The monoisotopic (exact) mass is 445 g/mol. The molecule has 0 amide bonds. The first-order valence-corrected chi connectivity index (χ1v) is 11.4. The largest absolute Gasteiger partial charge is 0.354 e. The lowest BCUT2D eigenvalue weighted by Gasteiger charge is -2.34. The second-order valence-corrected chi connectivity index (χ2v) is 9.01. The van der Waals surface area contributed by atoms with Crippen LogP contribution < -0.4 is 4.90 Å². The Morgan fingerprint density at radius 2 is 1.69 bits per heavy atom. The molecule has 1 unspecified atom stereocenters. The summed E-state index contributed by atoms with van der Waals surface area (Å²) >= 11 is 0. The third-order valence-electron chi connectivity index (χ3n) is 6.98. The number of aromatic nitrogens is 2. The van der Waals surface area contributed by atoms with Crippen LogP contribution in [0.4, 0.5) is 5.82 Å². The molecule has 0 bridgehead atoms. The van der Waals surface area contributed by atoms with E-state index in [1.54, 1.807) is 0 Å². The van der Waals surface area contributed by atoms with E-state index in [0.29, 0.717) is 5.92 Å². The SMILES string of the molecule is Cc1ccc(Cn2c(C)c(C)c3ccnc(N4CCCC(c5ccccc5)C4)c32)cc1.Cl. The van der Waals surface area contributed by atoms with Crippen LogP contribution in [-0.4, -0.2) is 22.6 Å². The molecule has 4 heteroatoms. The van der Waals surface area contributed by atoms with Gasteiger partial charge in [0.2, 0.25) is 0 Å². The Hall–Kier alpha value is -2.78. The molecule has 2 aromatic heterocycles. The van der Waals surface area contributed by atoms with Gasteiger partial charge in [0.05, 0.1) is 5.52 Å². The van der Waals surface area contributed by atoms with Crippen LogP contribution in [0.1, 0.15) is 46.7 Å². The van der Waals surface area contributed by atoms with Crippen molar-refractivity contribution in [3.8, 4) is 0 Å². The molecule has 0 aliphatic carbocycles. The van der Waals surface area contributed by atoms with Crippen molar-refractivity contribution in [3.05, 3.63) is 94.8 Å². The molecule has 0 N–H and O–H groups in total. The maximum atomic E-state index is 4.93. The fraction of sp³-hybridized carbons (Fsp3) is 0.321. The molecule has 0 saturated carbocycles. The van der Waals surface area contributed by atoms with Crippen LogP contribution in [0.15, 0.2) is 66.9 Å². The number of rotatable bonds is 4. The molecular formula is C28H32ClN3. The fourth-order valence-electron chi connectivity index (χ4n) is 5.05. The van der Waals surface area contributed by atoms with E-state index in [-0.39, 0.29) is 12.4 Å². The fourth-order valence-corrected chi connectivity index (χ4v) is 5.05. The molecule has 166 valence electrons. The lowest BCUT2D eigenvalue weighted by molar-refractivity contribution is 0.507. The molecule has 1 saturated heterocycles. The first-order valence-electron chi connectivity index (χ1n) is 11.4. The second-order valence-electron chi connectivity index (χ2n) is 9.01. The highest BCUT2D eigenvalue weighted by atomic mass is 35.5. The maximum absolute atomic E-state index is 4.93. The van der Waals surface area contributed by atoms with Gasteiger partial charge >= 0.3 is 0 Å². The van der Waals surface area contributed by atoms with Crippen molar-refractivity contribution in [1.82, 2.24) is 9.55 Å². The number of benzene rings is 2. The number of anilines is 1. The standard InChI is InChI=1S/C28H31N3.ClH/c1-20-11-13-23(14-12-20)18-31-22(3)21(2)26-15-16-29-28(27(26)31)30-17-7-10-25(19-30)24-8-5-4-6-9-24;/h4-6,8-9,11-16,25H,7,10,17-19H2,1-3H3;1H. The average Bonchev–Trinajstić information content (AvgIpc) is 3.06. The number of halogens is 1. The Morgan fingerprint density at radius 3 is 2.44 bits per heavy atom. The van der Waals surface area contributed by atoms with Gasteiger partial charge in [0.1, 0.15) is 0 Å². The quantitative estimate of drug-likeness (QED) is 0.343. The second kappa shape index (κ2) is 9.38. The van der Waals surface area contributed by atoms with E-state index in [4.69, 9.17) is 4.98 Å². The lowest BCUT2D eigenvalue weighted by Crippen LogP contribution is -2.35. The molecule has 2 aromatic carbocycles. The molecule has 0 spiro atoms. The van der Waals surface area contributed by atoms with E-state index in [1.165, 1.54) is 51.7 Å². The van der Waals surface area contributed by atoms with Gasteiger partial charge in [-0.25, -0.2) is 4.98 Å². The molecular weight excluding hydrogens is 414 g/mol. The summed E-state index contributed by atoms with van der Waals surface area (Å²) in [7, 11) is 0. The summed E-state index contributed by atoms with van der Waals surface area (Å²) in [6, 6.07) is 22.1. The van der Waals surface area contributed by atoms with Crippen LogP contribution in [0.3, 0.4) is 0 Å². The van der Waals surface area contributed by atoms with Gasteiger partial charge in [-0.2, -0.15) is 0 Å². The number of pyridine rings is 1. The Labute approximate surface area is 197 Å². The number of hydrogen-bond acceptors (Lipinski definition) is 2. The molecule has 1 aliphatic rings. The highest BCUT2D eigenvalue weighted by Crippen LogP contribution is 2.35. The summed E-state index contributed by atoms with van der Waals surface area (Å²) in [5.41, 5.74) is 8.07. The number of hydrogen-bond donors (Lipinski definition) is 0. The van der Waals surface area contributed by atoms with Gasteiger partial charge in [0.15, 0.2) is 5.82 Å². The number of piperidine rings is 1. The molecule has 1 fully saturated rings. The van der Waals surface area contributed by atoms with Gasteiger partial charge in [-0.15, -0.1) is 12.4 Å². The molecule has 4 aromatic rings. The third kappa shape index (κ3) is 4.14. The van der Waals surface area contributed by atoms with E-state index < -0.39 is 0 Å². The highest BCUT2D eigenvalue weighted by molar-refractivity contribution is 5.93. The zero-order valence-corrected chi connectivity index (χ0v) is 20.0. The van der Waals surface area contributed by atoms with Gasteiger partial charge in [0, 0.05) is 42.8 Å². The number of fused-ring (bicyclic) bond motifs is 1. The predicted molar refractivity (Wildman–Crippen MR) is 137 cm³/mol. The maximum Gasteiger partial charge on any atom is 0.153 e. The zero-order chi connectivity index (χ0) is 21.4. The molecule has 1 aliphatic heterocycles. The van der Waals surface area contributed by atoms with Crippen LogP contribution in [0.25, 0.3) is 10.9 Å². The van der Waals surface area contributed by atoms with Crippen molar-refractivity contribution in [3.63, 3.8) is 0 Å². The first-order chi connectivity index (χ1) is 15.1. The lowest BCUT2D eigenvalue weighted by atomic mass is 9.90. The Morgan fingerprint density at radius 1 is 0.938 bits per heavy atom. The normalized spacial score (nSPS) is 16.2. The minimum absolute atomic E-state index is 0. The van der Waals surface area contributed by atoms with E-state index >= 15 is 0 Å². The van der Waals surface area contributed by atoms with Crippen molar-refractivity contribution < 1.29 is 0 Å². The zero-order valence-electron chi connectivity index (χ0n) is 19.2. The van der Waals surface area contributed by atoms with Crippen molar-refractivity contribution in [2.75, 3.05) is 18.0 Å². The van der Waals surface area contributed by atoms with E-state index in [1.807, 2.05) is 6.20 Å². The van der Waals surface area contributed by atoms with Gasteiger partial charge < -0.3 is 9.47 Å².